The van der Waals surface area contributed by atoms with Crippen molar-refractivity contribution in [2.24, 2.45) is 15.9 Å². The first-order valence-electron chi connectivity index (χ1n) is 21.0. The van der Waals surface area contributed by atoms with E-state index in [1.54, 1.807) is 22.3 Å². The normalized spacial score (nSPS) is 24.6. The quantitative estimate of drug-likeness (QED) is 0.181. The van der Waals surface area contributed by atoms with Crippen LogP contribution in [-0.2, 0) is 10.8 Å². The predicted molar refractivity (Wildman–Crippen MR) is 230 cm³/mol. The van der Waals surface area contributed by atoms with E-state index in [9.17, 15) is 0 Å². The molecular weight excluding hydrogens is 685 g/mol. The van der Waals surface area contributed by atoms with Gasteiger partial charge in [0.15, 0.2) is 5.84 Å². The second-order valence-corrected chi connectivity index (χ2v) is 18.6. The van der Waals surface area contributed by atoms with Crippen molar-refractivity contribution in [2.75, 3.05) is 0 Å². The van der Waals surface area contributed by atoms with Crippen LogP contribution in [-0.4, -0.2) is 22.2 Å². The fourth-order valence-electron chi connectivity index (χ4n) is 12.0. The molecule has 7 aliphatic rings. The Morgan fingerprint density at radius 1 is 0.527 bits per heavy atom. The molecule has 55 heavy (non-hydrogen) atoms. The highest BCUT2D eigenvalue weighted by Gasteiger charge is 2.49. The van der Waals surface area contributed by atoms with Gasteiger partial charge in [-0.2, -0.15) is 0 Å². The standard InChI is InChI=1S/C52H46N2S/c1-4-14-34(15-5-1)48-47-38-17-7-9-19-46(38)55-50(47)54-49(53-48)35-22-20-33(21-23-35)36-24-25-43-39(30-36)41-31-40-37-16-6-8-18-42(37)51(26-10-2-11-27-51)44(40)32-45(41)52(43)28-12-3-13-29-52/h1,4-9,14-18,20-25,30-32,46-47,50H,2-3,10-13,19,26-29H2. The third kappa shape index (κ3) is 4.75. The molecule has 0 bridgehead atoms. The van der Waals surface area contributed by atoms with E-state index in [0.29, 0.717) is 5.25 Å². The maximum atomic E-state index is 5.34. The summed E-state index contributed by atoms with van der Waals surface area (Å²) in [6, 6.07) is 42.1. The van der Waals surface area contributed by atoms with Gasteiger partial charge in [-0.1, -0.05) is 154 Å². The highest BCUT2D eigenvalue weighted by molar-refractivity contribution is 8.01. The Morgan fingerprint density at radius 2 is 1.16 bits per heavy atom. The van der Waals surface area contributed by atoms with Crippen LogP contribution >= 0.6 is 11.8 Å². The number of benzene rings is 5. The predicted octanol–water partition coefficient (Wildman–Crippen LogP) is 13.0. The summed E-state index contributed by atoms with van der Waals surface area (Å²) in [6.07, 6.45) is 21.1. The summed E-state index contributed by atoms with van der Waals surface area (Å²) < 4.78 is 0. The maximum absolute atomic E-state index is 5.34. The lowest BCUT2D eigenvalue weighted by atomic mass is 9.65. The van der Waals surface area contributed by atoms with Crippen molar-refractivity contribution in [1.29, 1.82) is 0 Å². The van der Waals surface area contributed by atoms with E-state index >= 15 is 0 Å². The summed E-state index contributed by atoms with van der Waals surface area (Å²) in [7, 11) is 0. The lowest BCUT2D eigenvalue weighted by molar-refractivity contribution is 0.344. The third-order valence-electron chi connectivity index (χ3n) is 14.6. The van der Waals surface area contributed by atoms with Gasteiger partial charge in [0.25, 0.3) is 0 Å². The van der Waals surface area contributed by atoms with Gasteiger partial charge < -0.3 is 0 Å². The van der Waals surface area contributed by atoms with Crippen LogP contribution in [0.25, 0.3) is 33.4 Å². The van der Waals surface area contributed by atoms with E-state index in [1.165, 1.54) is 109 Å². The number of hydrogen-bond donors (Lipinski definition) is 0. The van der Waals surface area contributed by atoms with Gasteiger partial charge in [-0.05, 0) is 111 Å². The molecular formula is C52H46N2S. The smallest absolute Gasteiger partial charge is 0.156 e. The van der Waals surface area contributed by atoms with Crippen LogP contribution in [0.15, 0.2) is 143 Å². The summed E-state index contributed by atoms with van der Waals surface area (Å²) in [5, 5.41) is 0.644. The summed E-state index contributed by atoms with van der Waals surface area (Å²) in [5.41, 5.74) is 20.2. The molecule has 2 nitrogen and oxygen atoms in total. The van der Waals surface area contributed by atoms with Crippen molar-refractivity contribution in [2.45, 2.75) is 92.1 Å². The lowest BCUT2D eigenvalue weighted by Crippen LogP contribution is -2.30. The summed E-state index contributed by atoms with van der Waals surface area (Å²) in [5.74, 6) is 1.09. The summed E-state index contributed by atoms with van der Waals surface area (Å²) in [4.78, 5) is 10.7. The molecule has 0 amide bonds. The zero-order chi connectivity index (χ0) is 36.1. The molecule has 0 N–H and O–H groups in total. The fourth-order valence-corrected chi connectivity index (χ4v) is 13.6. The van der Waals surface area contributed by atoms with Crippen LogP contribution < -0.4 is 0 Å². The number of aliphatic imine (C=N–C) groups is 2. The van der Waals surface area contributed by atoms with E-state index in [1.807, 2.05) is 11.8 Å². The first kappa shape index (κ1) is 32.5. The van der Waals surface area contributed by atoms with Gasteiger partial charge in [0.2, 0.25) is 0 Å². The van der Waals surface area contributed by atoms with E-state index in [4.69, 9.17) is 9.98 Å². The first-order valence-corrected chi connectivity index (χ1v) is 21.9. The summed E-state index contributed by atoms with van der Waals surface area (Å²) >= 11 is 2.01. The van der Waals surface area contributed by atoms with E-state index in [0.717, 1.165) is 23.5 Å². The zero-order valence-corrected chi connectivity index (χ0v) is 32.3. The Kier molecular flexibility index (Phi) is 7.32. The Hall–Kier alpha value is -4.73. The number of fused-ring (bicyclic) bond motifs is 13. The first-order chi connectivity index (χ1) is 27.2. The minimum atomic E-state index is 0.137. The SMILES string of the molecule is C1=CCC2SC3N=C(c4ccc(-c5ccc6c(c5)-c5cc7c(cc5C65CCCCC5)C5(CCCCC5)c5ccccc5-7)cc4)N=C(c4ccccc4)C3C2=C1. The van der Waals surface area contributed by atoms with Crippen LogP contribution in [0.3, 0.4) is 0 Å². The average molecular weight is 731 g/mol. The molecule has 2 aliphatic heterocycles. The Morgan fingerprint density at radius 3 is 1.93 bits per heavy atom. The highest BCUT2D eigenvalue weighted by Crippen LogP contribution is 2.62. The second kappa shape index (κ2) is 12.4. The largest absolute Gasteiger partial charge is 0.251 e. The number of hydrogen-bond acceptors (Lipinski definition) is 3. The van der Waals surface area contributed by atoms with Gasteiger partial charge in [-0.25, -0.2) is 4.99 Å². The van der Waals surface area contributed by atoms with Crippen molar-refractivity contribution in [3.05, 3.63) is 166 Å². The van der Waals surface area contributed by atoms with Crippen LogP contribution in [0.1, 0.15) is 104 Å². The molecule has 270 valence electrons. The fraction of sp³-hybridized carbons (Fsp3) is 0.308. The average Bonchev–Trinajstić information content (AvgIpc) is 3.85. The second-order valence-electron chi connectivity index (χ2n) is 17.3. The van der Waals surface area contributed by atoms with Gasteiger partial charge in [0, 0.05) is 21.6 Å². The van der Waals surface area contributed by atoms with E-state index in [2.05, 4.69) is 127 Å². The van der Waals surface area contributed by atoms with Crippen LogP contribution in [0.5, 0.6) is 0 Å². The number of thioether (sulfide) groups is 1. The Labute approximate surface area is 329 Å². The number of allylic oxidation sites excluding steroid dienone is 3. The number of nitrogens with zero attached hydrogens (tertiary/aromatic N) is 2. The van der Waals surface area contributed by atoms with Crippen molar-refractivity contribution < 1.29 is 0 Å². The molecule has 1 saturated heterocycles. The molecule has 12 rings (SSSR count). The molecule has 2 spiro atoms. The highest BCUT2D eigenvalue weighted by atomic mass is 32.2. The van der Waals surface area contributed by atoms with Gasteiger partial charge >= 0.3 is 0 Å². The minimum Gasteiger partial charge on any atom is -0.251 e. The van der Waals surface area contributed by atoms with Crippen LogP contribution in [0.4, 0.5) is 0 Å². The van der Waals surface area contributed by atoms with Crippen LogP contribution in [0.2, 0.25) is 0 Å². The van der Waals surface area contributed by atoms with Crippen molar-refractivity contribution in [3.8, 4) is 33.4 Å². The molecule has 3 atom stereocenters. The van der Waals surface area contributed by atoms with E-state index in [-0.39, 0.29) is 22.1 Å². The molecule has 0 aromatic heterocycles. The molecule has 5 aliphatic carbocycles. The van der Waals surface area contributed by atoms with E-state index < -0.39 is 0 Å². The molecule has 5 aromatic carbocycles. The van der Waals surface area contributed by atoms with Gasteiger partial charge in [0.1, 0.15) is 5.37 Å². The molecule has 2 heterocycles. The third-order valence-corrected chi connectivity index (χ3v) is 16.0. The minimum absolute atomic E-state index is 0.137. The van der Waals surface area contributed by atoms with Gasteiger partial charge in [-0.15, -0.1) is 11.8 Å². The van der Waals surface area contributed by atoms with Crippen molar-refractivity contribution >= 4 is 23.3 Å². The molecule has 5 aromatic rings. The molecule has 3 fully saturated rings. The molecule has 2 saturated carbocycles. The molecule has 0 radical (unpaired) electrons. The Balaban J connectivity index is 0.938. The summed E-state index contributed by atoms with van der Waals surface area (Å²) in [6.45, 7) is 0. The van der Waals surface area contributed by atoms with Gasteiger partial charge in [-0.3, -0.25) is 4.99 Å². The number of rotatable bonds is 3. The zero-order valence-electron chi connectivity index (χ0n) is 31.4. The Bertz CT molecular complexity index is 2510. The maximum Gasteiger partial charge on any atom is 0.156 e. The molecule has 3 heteroatoms. The lowest BCUT2D eigenvalue weighted by Gasteiger charge is -2.38. The van der Waals surface area contributed by atoms with Crippen LogP contribution in [0, 0.1) is 5.92 Å². The molecule has 3 unspecified atom stereocenters. The monoisotopic (exact) mass is 730 g/mol. The number of amidine groups is 1. The van der Waals surface area contributed by atoms with Crippen molar-refractivity contribution in [3.63, 3.8) is 0 Å². The van der Waals surface area contributed by atoms with Crippen molar-refractivity contribution in [1.82, 2.24) is 0 Å². The van der Waals surface area contributed by atoms with Gasteiger partial charge in [0.05, 0.1) is 11.6 Å². The topological polar surface area (TPSA) is 24.7 Å².